The van der Waals surface area contributed by atoms with Crippen LogP contribution in [0.15, 0.2) is 40.9 Å². The highest BCUT2D eigenvalue weighted by Crippen LogP contribution is 2.29. The van der Waals surface area contributed by atoms with E-state index >= 15 is 0 Å². The maximum atomic E-state index is 6.24. The van der Waals surface area contributed by atoms with E-state index in [9.17, 15) is 0 Å². The molecule has 3 rings (SSSR count). The summed E-state index contributed by atoms with van der Waals surface area (Å²) < 4.78 is 2.98. The van der Waals surface area contributed by atoms with Crippen molar-refractivity contribution in [3.05, 3.63) is 52.0 Å². The molecule has 0 N–H and O–H groups in total. The molecule has 108 valence electrons. The quantitative estimate of drug-likeness (QED) is 0.599. The molecule has 0 bridgehead atoms. The van der Waals surface area contributed by atoms with Gasteiger partial charge in [-0.15, -0.1) is 10.2 Å². The smallest absolute Gasteiger partial charge is 0.229 e. The van der Waals surface area contributed by atoms with E-state index in [1.807, 2.05) is 16.7 Å². The van der Waals surface area contributed by atoms with E-state index in [0.29, 0.717) is 5.28 Å². The van der Waals surface area contributed by atoms with Crippen molar-refractivity contribution in [1.82, 2.24) is 14.8 Å². The number of rotatable bonds is 1. The molecule has 0 saturated heterocycles. The summed E-state index contributed by atoms with van der Waals surface area (Å²) in [6.07, 6.45) is 0. The zero-order valence-electron chi connectivity index (χ0n) is 12.1. The van der Waals surface area contributed by atoms with Gasteiger partial charge in [0.1, 0.15) is 5.82 Å². The van der Waals surface area contributed by atoms with Gasteiger partial charge in [0.05, 0.1) is 5.69 Å². The van der Waals surface area contributed by atoms with Gasteiger partial charge in [-0.2, -0.15) is 0 Å². The van der Waals surface area contributed by atoms with Gasteiger partial charge in [0.15, 0.2) is 0 Å². The summed E-state index contributed by atoms with van der Waals surface area (Å²) >= 11 is 9.74. The minimum absolute atomic E-state index is 0.130. The number of hydrogen-bond acceptors (Lipinski definition) is 2. The molecule has 1 heterocycles. The zero-order valence-corrected chi connectivity index (χ0v) is 14.4. The molecule has 0 aliphatic rings. The Morgan fingerprint density at radius 3 is 2.38 bits per heavy atom. The maximum absolute atomic E-state index is 6.24. The highest BCUT2D eigenvalue weighted by molar-refractivity contribution is 9.10. The lowest BCUT2D eigenvalue weighted by atomic mass is 9.95. The fraction of sp³-hybridized carbons (Fsp3) is 0.250. The average molecular weight is 365 g/mol. The van der Waals surface area contributed by atoms with Gasteiger partial charge in [-0.05, 0) is 46.6 Å². The highest BCUT2D eigenvalue weighted by atomic mass is 79.9. The normalized spacial score (nSPS) is 12.0. The molecule has 0 amide bonds. The lowest BCUT2D eigenvalue weighted by Gasteiger charge is -2.19. The van der Waals surface area contributed by atoms with E-state index < -0.39 is 0 Å². The Morgan fingerprint density at radius 1 is 1.00 bits per heavy atom. The molecule has 0 atom stereocenters. The summed E-state index contributed by atoms with van der Waals surface area (Å²) in [5.74, 6) is 0.851. The van der Waals surface area contributed by atoms with Gasteiger partial charge in [0, 0.05) is 9.89 Å². The van der Waals surface area contributed by atoms with E-state index in [1.165, 1.54) is 5.39 Å². The number of halogens is 2. The van der Waals surface area contributed by atoms with E-state index in [4.69, 9.17) is 11.6 Å². The molecular weight excluding hydrogens is 350 g/mol. The molecule has 0 spiro atoms. The summed E-state index contributed by atoms with van der Waals surface area (Å²) in [4.78, 5) is 0. The van der Waals surface area contributed by atoms with Crippen molar-refractivity contribution in [2.45, 2.75) is 26.2 Å². The highest BCUT2D eigenvalue weighted by Gasteiger charge is 2.24. The van der Waals surface area contributed by atoms with Crippen molar-refractivity contribution in [1.29, 1.82) is 0 Å². The average Bonchev–Trinajstić information content (AvgIpc) is 2.80. The second kappa shape index (κ2) is 5.11. The van der Waals surface area contributed by atoms with Crippen LogP contribution in [-0.4, -0.2) is 14.8 Å². The first-order valence-electron chi connectivity index (χ1n) is 6.67. The Labute approximate surface area is 137 Å². The lowest BCUT2D eigenvalue weighted by Crippen LogP contribution is -2.18. The standard InChI is InChI=1S/C16H15BrClN3/c1-16(2,3)14-19-20-15(18)21(14)13-7-5-10-8-12(17)6-4-11(10)9-13/h4-9H,1-3H3. The summed E-state index contributed by atoms with van der Waals surface area (Å²) in [5.41, 5.74) is 0.846. The lowest BCUT2D eigenvalue weighted by molar-refractivity contribution is 0.533. The predicted octanol–water partition coefficient (Wildman–Crippen LogP) is 5.13. The predicted molar refractivity (Wildman–Crippen MR) is 90.3 cm³/mol. The second-order valence-corrected chi connectivity index (χ2v) is 7.31. The summed E-state index contributed by atoms with van der Waals surface area (Å²) in [7, 11) is 0. The van der Waals surface area contributed by atoms with Crippen LogP contribution >= 0.6 is 27.5 Å². The van der Waals surface area contributed by atoms with Crippen LogP contribution in [0.4, 0.5) is 0 Å². The van der Waals surface area contributed by atoms with Gasteiger partial charge in [-0.3, -0.25) is 4.57 Å². The number of benzene rings is 2. The number of hydrogen-bond donors (Lipinski definition) is 0. The van der Waals surface area contributed by atoms with Crippen molar-refractivity contribution in [3.8, 4) is 5.69 Å². The molecule has 0 radical (unpaired) electrons. The van der Waals surface area contributed by atoms with E-state index in [0.717, 1.165) is 21.4 Å². The van der Waals surface area contributed by atoms with Crippen molar-refractivity contribution in [2.75, 3.05) is 0 Å². The van der Waals surface area contributed by atoms with Gasteiger partial charge in [-0.1, -0.05) is 48.8 Å². The van der Waals surface area contributed by atoms with E-state index in [-0.39, 0.29) is 5.41 Å². The zero-order chi connectivity index (χ0) is 15.2. The van der Waals surface area contributed by atoms with Crippen molar-refractivity contribution < 1.29 is 0 Å². The van der Waals surface area contributed by atoms with E-state index in [2.05, 4.69) is 71.2 Å². The van der Waals surface area contributed by atoms with Crippen LogP contribution in [0.1, 0.15) is 26.6 Å². The molecule has 0 unspecified atom stereocenters. The molecule has 21 heavy (non-hydrogen) atoms. The van der Waals surface area contributed by atoms with Crippen LogP contribution < -0.4 is 0 Å². The largest absolute Gasteiger partial charge is 0.269 e. The van der Waals surface area contributed by atoms with Crippen LogP contribution in [0.25, 0.3) is 16.5 Å². The van der Waals surface area contributed by atoms with Crippen molar-refractivity contribution >= 4 is 38.3 Å². The maximum Gasteiger partial charge on any atom is 0.229 e. The van der Waals surface area contributed by atoms with Crippen molar-refractivity contribution in [2.24, 2.45) is 0 Å². The second-order valence-electron chi connectivity index (χ2n) is 6.05. The Balaban J connectivity index is 2.21. The van der Waals surface area contributed by atoms with Gasteiger partial charge in [0.25, 0.3) is 0 Å². The molecule has 3 nitrogen and oxygen atoms in total. The molecule has 1 aromatic heterocycles. The summed E-state index contributed by atoms with van der Waals surface area (Å²) in [5, 5.41) is 11.0. The van der Waals surface area contributed by atoms with Gasteiger partial charge in [0.2, 0.25) is 5.28 Å². The number of fused-ring (bicyclic) bond motifs is 1. The fourth-order valence-electron chi connectivity index (χ4n) is 2.32. The third kappa shape index (κ3) is 2.70. The molecule has 0 saturated carbocycles. The number of nitrogens with zero attached hydrogens (tertiary/aromatic N) is 3. The van der Waals surface area contributed by atoms with Crippen LogP contribution in [0.2, 0.25) is 5.28 Å². The first-order chi connectivity index (χ1) is 9.86. The number of aromatic nitrogens is 3. The summed E-state index contributed by atoms with van der Waals surface area (Å²) in [6.45, 7) is 6.30. The molecule has 3 aromatic rings. The SMILES string of the molecule is CC(C)(C)c1nnc(Cl)n1-c1ccc2cc(Br)ccc2c1. The minimum Gasteiger partial charge on any atom is -0.269 e. The molecule has 2 aromatic carbocycles. The van der Waals surface area contributed by atoms with Crippen molar-refractivity contribution in [3.63, 3.8) is 0 Å². The van der Waals surface area contributed by atoms with Crippen LogP contribution in [0, 0.1) is 0 Å². The Kier molecular flexibility index (Phi) is 3.54. The third-order valence-corrected chi connectivity index (χ3v) is 4.08. The van der Waals surface area contributed by atoms with E-state index in [1.54, 1.807) is 0 Å². The van der Waals surface area contributed by atoms with Gasteiger partial charge >= 0.3 is 0 Å². The minimum atomic E-state index is -0.130. The first kappa shape index (κ1) is 14.5. The van der Waals surface area contributed by atoms with Gasteiger partial charge in [-0.25, -0.2) is 0 Å². The molecule has 0 fully saturated rings. The topological polar surface area (TPSA) is 30.7 Å². The Hall–Kier alpha value is -1.39. The fourth-order valence-corrected chi connectivity index (χ4v) is 2.92. The Morgan fingerprint density at radius 2 is 1.67 bits per heavy atom. The molecule has 0 aliphatic heterocycles. The van der Waals surface area contributed by atoms with Gasteiger partial charge < -0.3 is 0 Å². The summed E-state index contributed by atoms with van der Waals surface area (Å²) in [6, 6.07) is 12.4. The van der Waals surface area contributed by atoms with Crippen LogP contribution in [-0.2, 0) is 5.41 Å². The first-order valence-corrected chi connectivity index (χ1v) is 7.84. The van der Waals surface area contributed by atoms with Crippen LogP contribution in [0.5, 0.6) is 0 Å². The Bertz CT molecular complexity index is 818. The molecule has 0 aliphatic carbocycles. The van der Waals surface area contributed by atoms with Crippen LogP contribution in [0.3, 0.4) is 0 Å². The third-order valence-electron chi connectivity index (χ3n) is 3.34. The molecule has 5 heteroatoms. The monoisotopic (exact) mass is 363 g/mol. The molecular formula is C16H15BrClN3.